The molecule has 22 heavy (non-hydrogen) atoms. The van der Waals surface area contributed by atoms with Crippen LogP contribution < -0.4 is 5.73 Å². The van der Waals surface area contributed by atoms with Crippen molar-refractivity contribution in [1.29, 1.82) is 5.26 Å². The number of hydrogen-bond acceptors (Lipinski definition) is 5. The zero-order chi connectivity index (χ0) is 16.3. The van der Waals surface area contributed by atoms with Gasteiger partial charge in [0.15, 0.2) is 4.91 Å². The van der Waals surface area contributed by atoms with E-state index in [0.717, 1.165) is 41.7 Å². The first-order valence-corrected chi connectivity index (χ1v) is 8.16. The molecule has 1 heterocycles. The number of benzene rings is 1. The highest BCUT2D eigenvalue weighted by Crippen LogP contribution is 2.24. The number of nitrogens with zero attached hydrogens (tertiary/aromatic N) is 1. The fourth-order valence-electron chi connectivity index (χ4n) is 1.60. The molecule has 5 nitrogen and oxygen atoms in total. The number of sulfone groups is 1. The molecule has 8 heteroatoms. The summed E-state index contributed by atoms with van der Waals surface area (Å²) >= 11 is 0.972. The summed E-state index contributed by atoms with van der Waals surface area (Å²) < 4.78 is 37.5. The highest BCUT2D eigenvalue weighted by molar-refractivity contribution is 7.95. The molecule has 0 saturated carbocycles. The Kier molecular flexibility index (Phi) is 4.40. The number of rotatable bonds is 4. The molecule has 1 amide bonds. The zero-order valence-corrected chi connectivity index (χ0v) is 12.6. The van der Waals surface area contributed by atoms with Crippen LogP contribution in [-0.2, 0) is 9.84 Å². The van der Waals surface area contributed by atoms with E-state index in [0.29, 0.717) is 4.88 Å². The second kappa shape index (κ2) is 6.09. The van der Waals surface area contributed by atoms with Crippen molar-refractivity contribution in [3.05, 3.63) is 56.9 Å². The van der Waals surface area contributed by atoms with Gasteiger partial charge in [-0.05, 0) is 42.5 Å². The lowest BCUT2D eigenvalue weighted by Crippen LogP contribution is -2.08. The number of thiophene rings is 1. The molecule has 0 spiro atoms. The molecule has 112 valence electrons. The molecule has 0 aliphatic rings. The lowest BCUT2D eigenvalue weighted by molar-refractivity contribution is 0.100. The topological polar surface area (TPSA) is 101 Å². The van der Waals surface area contributed by atoms with Crippen molar-refractivity contribution in [2.45, 2.75) is 4.90 Å². The average Bonchev–Trinajstić information content (AvgIpc) is 2.94. The highest BCUT2D eigenvalue weighted by atomic mass is 32.2. The minimum atomic E-state index is -4.05. The first kappa shape index (κ1) is 15.9. The van der Waals surface area contributed by atoms with Crippen molar-refractivity contribution in [3.8, 4) is 6.07 Å². The van der Waals surface area contributed by atoms with Crippen molar-refractivity contribution in [3.63, 3.8) is 0 Å². The molecule has 2 rings (SSSR count). The zero-order valence-electron chi connectivity index (χ0n) is 11.0. The Hall–Kier alpha value is -2.50. The summed E-state index contributed by atoms with van der Waals surface area (Å²) in [7, 11) is -4.05. The van der Waals surface area contributed by atoms with Gasteiger partial charge in [0.2, 0.25) is 9.84 Å². The van der Waals surface area contributed by atoms with Gasteiger partial charge < -0.3 is 5.73 Å². The predicted molar refractivity (Wildman–Crippen MR) is 80.0 cm³/mol. The molecule has 1 aromatic heterocycles. The maximum absolute atomic E-state index is 12.9. The summed E-state index contributed by atoms with van der Waals surface area (Å²) in [5.41, 5.74) is 5.11. The van der Waals surface area contributed by atoms with Gasteiger partial charge in [0.25, 0.3) is 5.91 Å². The summed E-state index contributed by atoms with van der Waals surface area (Å²) in [6, 6.07) is 8.70. The van der Waals surface area contributed by atoms with Gasteiger partial charge in [-0.2, -0.15) is 5.26 Å². The quantitative estimate of drug-likeness (QED) is 0.684. The second-order valence-corrected chi connectivity index (χ2v) is 7.18. The van der Waals surface area contributed by atoms with Gasteiger partial charge in [0, 0.05) is 4.88 Å². The van der Waals surface area contributed by atoms with Gasteiger partial charge >= 0.3 is 0 Å². The fourth-order valence-corrected chi connectivity index (χ4v) is 3.63. The van der Waals surface area contributed by atoms with E-state index in [2.05, 4.69) is 0 Å². The van der Waals surface area contributed by atoms with Gasteiger partial charge in [-0.25, -0.2) is 12.8 Å². The first-order chi connectivity index (χ1) is 10.3. The molecule has 0 unspecified atom stereocenters. The molecular formula is C14H9FN2O3S2. The number of carbonyl (C=O) groups excluding carboxylic acids is 1. The van der Waals surface area contributed by atoms with E-state index in [1.807, 2.05) is 0 Å². The van der Waals surface area contributed by atoms with Gasteiger partial charge in [-0.15, -0.1) is 11.3 Å². The average molecular weight is 336 g/mol. The first-order valence-electron chi connectivity index (χ1n) is 5.86. The van der Waals surface area contributed by atoms with Gasteiger partial charge in [0.05, 0.1) is 9.77 Å². The van der Waals surface area contributed by atoms with Crippen molar-refractivity contribution in [2.75, 3.05) is 0 Å². The van der Waals surface area contributed by atoms with Gasteiger partial charge in [-0.3, -0.25) is 4.79 Å². The minimum absolute atomic E-state index is 0.187. The molecule has 0 atom stereocenters. The third-order valence-corrected chi connectivity index (χ3v) is 5.39. The van der Waals surface area contributed by atoms with Gasteiger partial charge in [-0.1, -0.05) is 0 Å². The van der Waals surface area contributed by atoms with Crippen LogP contribution in [0.15, 0.2) is 46.2 Å². The summed E-state index contributed by atoms with van der Waals surface area (Å²) in [4.78, 5) is 11.0. The molecule has 2 aromatic rings. The summed E-state index contributed by atoms with van der Waals surface area (Å²) in [6.07, 6.45) is 1.15. The van der Waals surface area contributed by atoms with Crippen LogP contribution in [0, 0.1) is 17.1 Å². The molecule has 0 radical (unpaired) electrons. The van der Waals surface area contributed by atoms with E-state index in [1.54, 1.807) is 6.07 Å². The number of primary amides is 1. The number of nitrogens with two attached hydrogens (primary N) is 1. The minimum Gasteiger partial charge on any atom is -0.365 e. The van der Waals surface area contributed by atoms with Crippen LogP contribution in [0.5, 0.6) is 0 Å². The molecule has 0 aliphatic heterocycles. The van der Waals surface area contributed by atoms with Crippen LogP contribution in [0.3, 0.4) is 0 Å². The highest BCUT2D eigenvalue weighted by Gasteiger charge is 2.21. The van der Waals surface area contributed by atoms with E-state index in [1.165, 1.54) is 12.1 Å². The number of nitriles is 1. The molecule has 0 bridgehead atoms. The van der Waals surface area contributed by atoms with E-state index in [4.69, 9.17) is 11.0 Å². The molecule has 0 aliphatic carbocycles. The maximum atomic E-state index is 12.9. The van der Waals surface area contributed by atoms with Crippen LogP contribution in [0.2, 0.25) is 0 Å². The molecule has 2 N–H and O–H groups in total. The number of halogens is 1. The number of allylic oxidation sites excluding steroid dienone is 1. The van der Waals surface area contributed by atoms with E-state index in [-0.39, 0.29) is 9.77 Å². The lowest BCUT2D eigenvalue weighted by Gasteiger charge is -2.02. The van der Waals surface area contributed by atoms with E-state index >= 15 is 0 Å². The lowest BCUT2D eigenvalue weighted by atomic mass is 10.3. The number of carbonyl (C=O) groups is 1. The van der Waals surface area contributed by atoms with Crippen molar-refractivity contribution in [2.24, 2.45) is 5.73 Å². The van der Waals surface area contributed by atoms with Crippen molar-refractivity contribution in [1.82, 2.24) is 0 Å². The van der Waals surface area contributed by atoms with Crippen molar-refractivity contribution < 1.29 is 17.6 Å². The van der Waals surface area contributed by atoms with E-state index in [9.17, 15) is 17.6 Å². The Morgan fingerprint density at radius 2 is 1.86 bits per heavy atom. The van der Waals surface area contributed by atoms with Gasteiger partial charge in [0.1, 0.15) is 11.9 Å². The Balaban J connectivity index is 2.46. The second-order valence-electron chi connectivity index (χ2n) is 4.14. The molecule has 0 saturated heterocycles. The Bertz CT molecular complexity index is 891. The monoisotopic (exact) mass is 336 g/mol. The summed E-state index contributed by atoms with van der Waals surface area (Å²) in [6.45, 7) is 0. The summed E-state index contributed by atoms with van der Waals surface area (Å²) in [5.74, 6) is -1.21. The van der Waals surface area contributed by atoms with Crippen molar-refractivity contribution >= 4 is 33.2 Å². The largest absolute Gasteiger partial charge is 0.365 e. The third-order valence-electron chi connectivity index (χ3n) is 2.67. The Morgan fingerprint density at radius 1 is 1.23 bits per heavy atom. The smallest absolute Gasteiger partial charge is 0.258 e. The number of hydrogen-bond donors (Lipinski definition) is 1. The molecular weight excluding hydrogens is 327 g/mol. The summed E-state index contributed by atoms with van der Waals surface area (Å²) in [5, 5.41) is 9.10. The Labute approximate surface area is 130 Å². The third kappa shape index (κ3) is 3.21. The SMILES string of the molecule is N#C/C(=C\c1ccc(C(N)=O)s1)S(=O)(=O)c1ccc(F)cc1. The van der Waals surface area contributed by atoms with Crippen LogP contribution in [0.1, 0.15) is 14.5 Å². The van der Waals surface area contributed by atoms with Crippen LogP contribution in [0.25, 0.3) is 6.08 Å². The fraction of sp³-hybridized carbons (Fsp3) is 0. The normalized spacial score (nSPS) is 11.9. The Morgan fingerprint density at radius 3 is 2.36 bits per heavy atom. The number of amides is 1. The van der Waals surface area contributed by atoms with Crippen LogP contribution in [-0.4, -0.2) is 14.3 Å². The van der Waals surface area contributed by atoms with E-state index < -0.39 is 26.5 Å². The molecule has 1 aromatic carbocycles. The predicted octanol–water partition coefficient (Wildman–Crippen LogP) is 2.32. The maximum Gasteiger partial charge on any atom is 0.258 e. The molecule has 0 fully saturated rings. The standard InChI is InChI=1S/C14H9FN2O3S2/c15-9-1-4-11(5-2-9)22(19,20)12(8-16)7-10-3-6-13(21-10)14(17)18/h1-7H,(H2,17,18)/b12-7+. The van der Waals surface area contributed by atoms with Crippen LogP contribution in [0.4, 0.5) is 4.39 Å². The van der Waals surface area contributed by atoms with Crippen LogP contribution >= 0.6 is 11.3 Å².